The number of hydrogen-bond donors (Lipinski definition) is 0. The first-order valence-electron chi connectivity index (χ1n) is 5.12. The second-order valence-electron chi connectivity index (χ2n) is 2.91. The molecule has 0 spiro atoms. The van der Waals surface area contributed by atoms with Crippen molar-refractivity contribution in [3.8, 4) is 0 Å². The van der Waals surface area contributed by atoms with Gasteiger partial charge in [0.2, 0.25) is 0 Å². The molecule has 0 aliphatic carbocycles. The maximum absolute atomic E-state index is 10.8. The van der Waals surface area contributed by atoms with E-state index in [1.807, 2.05) is 13.8 Å². The summed E-state index contributed by atoms with van der Waals surface area (Å²) in [6.45, 7) is 6.57. The van der Waals surface area contributed by atoms with E-state index in [1.165, 1.54) is 26.4 Å². The van der Waals surface area contributed by atoms with Crippen LogP contribution in [-0.4, -0.2) is 37.6 Å². The fourth-order valence-corrected chi connectivity index (χ4v) is 1.36. The van der Waals surface area contributed by atoms with E-state index < -0.39 is 0 Å². The van der Waals surface area contributed by atoms with Crippen LogP contribution in [0.25, 0.3) is 0 Å². The molecule has 0 N–H and O–H groups in total. The van der Waals surface area contributed by atoms with Crippen LogP contribution in [0.15, 0.2) is 0 Å². The van der Waals surface area contributed by atoms with Crippen LogP contribution in [0.3, 0.4) is 0 Å². The topological polar surface area (TPSA) is 29.5 Å². The standard InChI is InChI=1S/C8H15NO2.C2H6/c1-11-8(10)7-9-5-3-2-4-6-9;1-2/h2-7H2,1H3;1-2H3. The number of esters is 1. The third-order valence-electron chi connectivity index (χ3n) is 2.03. The number of carbonyl (C=O) groups is 1. The quantitative estimate of drug-likeness (QED) is 0.616. The van der Waals surface area contributed by atoms with E-state index in [2.05, 4.69) is 9.64 Å². The number of nitrogens with zero attached hydrogens (tertiary/aromatic N) is 1. The van der Waals surface area contributed by atoms with E-state index in [9.17, 15) is 4.79 Å². The molecule has 0 aromatic rings. The van der Waals surface area contributed by atoms with Crippen molar-refractivity contribution in [1.29, 1.82) is 0 Å². The van der Waals surface area contributed by atoms with Gasteiger partial charge in [0, 0.05) is 0 Å². The Hall–Kier alpha value is -0.570. The van der Waals surface area contributed by atoms with Gasteiger partial charge < -0.3 is 4.74 Å². The van der Waals surface area contributed by atoms with Gasteiger partial charge >= 0.3 is 5.97 Å². The smallest absolute Gasteiger partial charge is 0.319 e. The first-order chi connectivity index (χ1) is 6.33. The lowest BCUT2D eigenvalue weighted by atomic mass is 10.1. The first-order valence-corrected chi connectivity index (χ1v) is 5.12. The van der Waals surface area contributed by atoms with Crippen LogP contribution < -0.4 is 0 Å². The summed E-state index contributed by atoms with van der Waals surface area (Å²) < 4.78 is 4.57. The van der Waals surface area contributed by atoms with Crippen molar-refractivity contribution < 1.29 is 9.53 Å². The van der Waals surface area contributed by atoms with E-state index in [0.29, 0.717) is 6.54 Å². The summed E-state index contributed by atoms with van der Waals surface area (Å²) in [5.74, 6) is -0.119. The predicted octanol–water partition coefficient (Wildman–Crippen LogP) is 1.67. The molecule has 3 nitrogen and oxygen atoms in total. The molecule has 0 aromatic carbocycles. The summed E-state index contributed by atoms with van der Waals surface area (Å²) in [7, 11) is 1.44. The Kier molecular flexibility index (Phi) is 7.69. The van der Waals surface area contributed by atoms with E-state index >= 15 is 0 Å². The fourth-order valence-electron chi connectivity index (χ4n) is 1.36. The van der Waals surface area contributed by atoms with Crippen LogP contribution in [0.2, 0.25) is 0 Å². The van der Waals surface area contributed by atoms with Crippen molar-refractivity contribution in [1.82, 2.24) is 4.90 Å². The number of rotatable bonds is 2. The Balaban J connectivity index is 0.000000671. The maximum atomic E-state index is 10.8. The van der Waals surface area contributed by atoms with E-state index in [1.54, 1.807) is 0 Å². The van der Waals surface area contributed by atoms with Gasteiger partial charge in [-0.1, -0.05) is 20.3 Å². The molecule has 1 fully saturated rings. The minimum atomic E-state index is -0.119. The average Bonchev–Trinajstić information content (AvgIpc) is 2.22. The van der Waals surface area contributed by atoms with Gasteiger partial charge in [-0.2, -0.15) is 0 Å². The minimum absolute atomic E-state index is 0.119. The molecule has 13 heavy (non-hydrogen) atoms. The van der Waals surface area contributed by atoms with Gasteiger partial charge in [0.15, 0.2) is 0 Å². The highest BCUT2D eigenvalue weighted by Crippen LogP contribution is 2.07. The molecule has 1 heterocycles. The molecule has 1 saturated heterocycles. The van der Waals surface area contributed by atoms with Crippen LogP contribution in [0.5, 0.6) is 0 Å². The highest BCUT2D eigenvalue weighted by molar-refractivity contribution is 5.71. The van der Waals surface area contributed by atoms with Gasteiger partial charge in [0.25, 0.3) is 0 Å². The Morgan fingerprint density at radius 2 is 1.77 bits per heavy atom. The Morgan fingerprint density at radius 1 is 1.23 bits per heavy atom. The summed E-state index contributed by atoms with van der Waals surface area (Å²) >= 11 is 0. The summed E-state index contributed by atoms with van der Waals surface area (Å²) in [6.07, 6.45) is 3.74. The largest absolute Gasteiger partial charge is 0.468 e. The summed E-state index contributed by atoms with van der Waals surface area (Å²) in [5.41, 5.74) is 0. The lowest BCUT2D eigenvalue weighted by molar-refractivity contribution is -0.142. The average molecular weight is 187 g/mol. The van der Waals surface area contributed by atoms with Gasteiger partial charge in [-0.15, -0.1) is 0 Å². The molecule has 0 unspecified atom stereocenters. The maximum Gasteiger partial charge on any atom is 0.319 e. The highest BCUT2D eigenvalue weighted by Gasteiger charge is 2.13. The first kappa shape index (κ1) is 12.4. The molecule has 1 aliphatic rings. The van der Waals surface area contributed by atoms with Gasteiger partial charge in [-0.05, 0) is 25.9 Å². The Labute approximate surface area is 81.1 Å². The second-order valence-corrected chi connectivity index (χ2v) is 2.91. The number of likely N-dealkylation sites (tertiary alicyclic amines) is 1. The fraction of sp³-hybridized carbons (Fsp3) is 0.900. The molecule has 78 valence electrons. The van der Waals surface area contributed by atoms with Crippen LogP contribution in [0, 0.1) is 0 Å². The molecule has 0 radical (unpaired) electrons. The normalized spacial score (nSPS) is 17.2. The summed E-state index contributed by atoms with van der Waals surface area (Å²) in [5, 5.41) is 0. The highest BCUT2D eigenvalue weighted by atomic mass is 16.5. The van der Waals surface area contributed by atoms with Gasteiger partial charge in [0.05, 0.1) is 13.7 Å². The number of methoxy groups -OCH3 is 1. The molecular formula is C10H21NO2. The van der Waals surface area contributed by atoms with Crippen LogP contribution >= 0.6 is 0 Å². The van der Waals surface area contributed by atoms with Crippen molar-refractivity contribution in [2.45, 2.75) is 33.1 Å². The molecule has 0 saturated carbocycles. The second kappa shape index (κ2) is 8.05. The molecule has 1 aliphatic heterocycles. The van der Waals surface area contributed by atoms with Crippen LogP contribution in [0.1, 0.15) is 33.1 Å². The van der Waals surface area contributed by atoms with Gasteiger partial charge in [-0.3, -0.25) is 9.69 Å². The Morgan fingerprint density at radius 3 is 2.23 bits per heavy atom. The van der Waals surface area contributed by atoms with Crippen LogP contribution in [-0.2, 0) is 9.53 Å². The molecule has 3 heteroatoms. The number of piperidine rings is 1. The third kappa shape index (κ3) is 5.64. The Bertz CT molecular complexity index is 131. The third-order valence-corrected chi connectivity index (χ3v) is 2.03. The number of ether oxygens (including phenoxy) is 1. The molecular weight excluding hydrogens is 166 g/mol. The zero-order chi connectivity index (χ0) is 10.1. The lowest BCUT2D eigenvalue weighted by Gasteiger charge is -2.24. The molecule has 1 rings (SSSR count). The van der Waals surface area contributed by atoms with Crippen molar-refractivity contribution in [2.75, 3.05) is 26.7 Å². The zero-order valence-electron chi connectivity index (χ0n) is 9.01. The van der Waals surface area contributed by atoms with Gasteiger partial charge in [0.1, 0.15) is 0 Å². The van der Waals surface area contributed by atoms with Crippen molar-refractivity contribution >= 4 is 5.97 Å². The zero-order valence-corrected chi connectivity index (χ0v) is 9.01. The molecule has 0 atom stereocenters. The van der Waals surface area contributed by atoms with Crippen molar-refractivity contribution in [3.05, 3.63) is 0 Å². The number of carbonyl (C=O) groups excluding carboxylic acids is 1. The number of hydrogen-bond acceptors (Lipinski definition) is 3. The minimum Gasteiger partial charge on any atom is -0.468 e. The van der Waals surface area contributed by atoms with E-state index in [0.717, 1.165) is 13.1 Å². The van der Waals surface area contributed by atoms with Crippen LogP contribution in [0.4, 0.5) is 0 Å². The van der Waals surface area contributed by atoms with E-state index in [4.69, 9.17) is 0 Å². The summed E-state index contributed by atoms with van der Waals surface area (Å²) in [4.78, 5) is 13.0. The van der Waals surface area contributed by atoms with Crippen molar-refractivity contribution in [3.63, 3.8) is 0 Å². The summed E-state index contributed by atoms with van der Waals surface area (Å²) in [6, 6.07) is 0. The van der Waals surface area contributed by atoms with Gasteiger partial charge in [-0.25, -0.2) is 0 Å². The SMILES string of the molecule is CC.COC(=O)CN1CCCCC1. The molecule has 0 amide bonds. The van der Waals surface area contributed by atoms with Crippen molar-refractivity contribution in [2.24, 2.45) is 0 Å². The van der Waals surface area contributed by atoms with E-state index in [-0.39, 0.29) is 5.97 Å². The monoisotopic (exact) mass is 187 g/mol. The molecule has 0 aromatic heterocycles. The molecule has 0 bridgehead atoms. The lowest BCUT2D eigenvalue weighted by Crippen LogP contribution is -2.34. The predicted molar refractivity (Wildman–Crippen MR) is 53.7 cm³/mol.